The first-order valence-electron chi connectivity index (χ1n) is 9.41. The van der Waals surface area contributed by atoms with Gasteiger partial charge in [-0.15, -0.1) is 0 Å². The molecule has 0 atom stereocenters. The molecule has 1 heterocycles. The predicted octanol–water partition coefficient (Wildman–Crippen LogP) is 3.53. The molecule has 1 N–H and O–H groups in total. The number of nitrogens with one attached hydrogen (secondary N) is 1. The van der Waals surface area contributed by atoms with Gasteiger partial charge in [0.25, 0.3) is 11.8 Å². The summed E-state index contributed by atoms with van der Waals surface area (Å²) in [5.41, 5.74) is 0.965. The molecule has 9 nitrogen and oxygen atoms in total. The van der Waals surface area contributed by atoms with E-state index < -0.39 is 30.4 Å². The van der Waals surface area contributed by atoms with Crippen molar-refractivity contribution in [1.29, 1.82) is 0 Å². The lowest BCUT2D eigenvalue weighted by Crippen LogP contribution is -2.54. The third-order valence-electron chi connectivity index (χ3n) is 4.64. The first-order chi connectivity index (χ1) is 15.7. The maximum absolute atomic E-state index is 13.1. The molecular weight excluding hydrogens is 475 g/mol. The fourth-order valence-corrected chi connectivity index (χ4v) is 3.38. The monoisotopic (exact) mass is 492 g/mol. The van der Waals surface area contributed by atoms with Crippen molar-refractivity contribution in [2.24, 2.45) is 0 Å². The number of anilines is 1. The second-order valence-electron chi connectivity index (χ2n) is 6.79. The van der Waals surface area contributed by atoms with Gasteiger partial charge in [0, 0.05) is 5.02 Å². The van der Waals surface area contributed by atoms with Crippen LogP contribution in [0.3, 0.4) is 0 Å². The number of esters is 1. The lowest BCUT2D eigenvalue weighted by molar-refractivity contribution is -0.143. The molecule has 3 rings (SSSR count). The summed E-state index contributed by atoms with van der Waals surface area (Å²) in [6, 6.07) is 6.61. The zero-order valence-electron chi connectivity index (χ0n) is 17.7. The van der Waals surface area contributed by atoms with Gasteiger partial charge in [0.1, 0.15) is 5.57 Å². The summed E-state index contributed by atoms with van der Waals surface area (Å²) in [5, 5.41) is 2.55. The van der Waals surface area contributed by atoms with E-state index >= 15 is 0 Å². The normalized spacial score (nSPS) is 14.9. The van der Waals surface area contributed by atoms with Gasteiger partial charge < -0.3 is 14.2 Å². The Hall–Kier alpha value is -3.56. The number of carbonyl (C=O) groups is 4. The van der Waals surface area contributed by atoms with Crippen molar-refractivity contribution in [2.75, 3.05) is 25.7 Å². The van der Waals surface area contributed by atoms with Gasteiger partial charge in [-0.1, -0.05) is 29.3 Å². The van der Waals surface area contributed by atoms with Crippen LogP contribution in [-0.2, 0) is 19.1 Å². The van der Waals surface area contributed by atoms with Crippen LogP contribution in [-0.4, -0.2) is 44.6 Å². The molecule has 4 amide bonds. The largest absolute Gasteiger partial charge is 0.493 e. The van der Waals surface area contributed by atoms with Gasteiger partial charge in [0.2, 0.25) is 0 Å². The minimum atomic E-state index is -0.899. The summed E-state index contributed by atoms with van der Waals surface area (Å²) in [6.45, 7) is 1.37. The molecule has 0 aliphatic carbocycles. The molecule has 172 valence electrons. The summed E-state index contributed by atoms with van der Waals surface area (Å²) < 4.78 is 15.1. The van der Waals surface area contributed by atoms with Crippen LogP contribution in [0.4, 0.5) is 10.5 Å². The molecule has 0 aromatic heterocycles. The molecule has 2 aromatic carbocycles. The minimum absolute atomic E-state index is 0.0621. The van der Waals surface area contributed by atoms with Crippen LogP contribution in [0.15, 0.2) is 35.9 Å². The number of nitrogens with zero attached hydrogens (tertiary/aromatic N) is 1. The van der Waals surface area contributed by atoms with Crippen molar-refractivity contribution in [1.82, 2.24) is 5.32 Å². The molecule has 0 bridgehead atoms. The highest BCUT2D eigenvalue weighted by Crippen LogP contribution is 2.37. The fraction of sp³-hybridized carbons (Fsp3) is 0.182. The van der Waals surface area contributed by atoms with E-state index in [4.69, 9.17) is 32.7 Å². The third-order valence-corrected chi connectivity index (χ3v) is 5.33. The Morgan fingerprint density at radius 3 is 2.45 bits per heavy atom. The van der Waals surface area contributed by atoms with Crippen LogP contribution in [0.5, 0.6) is 11.5 Å². The summed E-state index contributed by atoms with van der Waals surface area (Å²) in [7, 11) is 2.57. The van der Waals surface area contributed by atoms with Crippen molar-refractivity contribution in [3.05, 3.63) is 57.1 Å². The molecule has 1 fully saturated rings. The van der Waals surface area contributed by atoms with Crippen LogP contribution in [0.1, 0.15) is 11.1 Å². The Balaban J connectivity index is 1.98. The number of halogens is 2. The Labute approximate surface area is 198 Å². The van der Waals surface area contributed by atoms with Gasteiger partial charge in [-0.25, -0.2) is 14.5 Å². The van der Waals surface area contributed by atoms with Crippen molar-refractivity contribution >= 4 is 58.8 Å². The van der Waals surface area contributed by atoms with E-state index in [1.54, 1.807) is 19.1 Å². The number of imide groups is 2. The van der Waals surface area contributed by atoms with E-state index in [1.807, 2.05) is 0 Å². The van der Waals surface area contributed by atoms with Gasteiger partial charge >= 0.3 is 12.0 Å². The van der Waals surface area contributed by atoms with Crippen LogP contribution >= 0.6 is 23.2 Å². The number of ether oxygens (including phenoxy) is 3. The van der Waals surface area contributed by atoms with Gasteiger partial charge in [-0.05, 0) is 48.4 Å². The van der Waals surface area contributed by atoms with Crippen molar-refractivity contribution < 1.29 is 33.4 Å². The van der Waals surface area contributed by atoms with Gasteiger partial charge in [0.05, 0.1) is 24.9 Å². The average Bonchev–Trinajstić information content (AvgIpc) is 2.77. The molecular formula is C22H18Cl2N2O7. The molecule has 0 radical (unpaired) electrons. The highest BCUT2D eigenvalue weighted by molar-refractivity contribution is 6.39. The Morgan fingerprint density at radius 1 is 1.09 bits per heavy atom. The molecule has 11 heteroatoms. The lowest BCUT2D eigenvalue weighted by atomic mass is 10.1. The number of carbonyl (C=O) groups excluding carboxylic acids is 4. The summed E-state index contributed by atoms with van der Waals surface area (Å²) in [5.74, 6) is -2.10. The number of hydrogen-bond acceptors (Lipinski definition) is 7. The molecule has 2 aromatic rings. The van der Waals surface area contributed by atoms with Crippen LogP contribution < -0.4 is 19.7 Å². The number of hydrogen-bond donors (Lipinski definition) is 1. The van der Waals surface area contributed by atoms with Crippen molar-refractivity contribution in [3.8, 4) is 11.5 Å². The second-order valence-corrected chi connectivity index (χ2v) is 7.60. The van der Waals surface area contributed by atoms with E-state index in [-0.39, 0.29) is 27.8 Å². The zero-order valence-corrected chi connectivity index (χ0v) is 19.2. The SMILES string of the molecule is COC(=O)COc1c(Cl)cc(/C=C2/C(=O)NC(=O)N(c3ccc(C)c(Cl)c3)C2=O)cc1OC. The van der Waals surface area contributed by atoms with E-state index in [1.165, 1.54) is 38.5 Å². The molecule has 0 spiro atoms. The van der Waals surface area contributed by atoms with Gasteiger partial charge in [-0.2, -0.15) is 0 Å². The van der Waals surface area contributed by atoms with Crippen LogP contribution in [0.25, 0.3) is 6.08 Å². The lowest BCUT2D eigenvalue weighted by Gasteiger charge is -2.26. The Morgan fingerprint density at radius 2 is 1.82 bits per heavy atom. The van der Waals surface area contributed by atoms with E-state index in [9.17, 15) is 19.2 Å². The third kappa shape index (κ3) is 5.10. The van der Waals surface area contributed by atoms with Gasteiger partial charge in [-0.3, -0.25) is 14.9 Å². The van der Waals surface area contributed by atoms with Crippen LogP contribution in [0, 0.1) is 6.92 Å². The zero-order chi connectivity index (χ0) is 24.3. The number of methoxy groups -OCH3 is 2. The Kier molecular flexibility index (Phi) is 7.25. The van der Waals surface area contributed by atoms with E-state index in [2.05, 4.69) is 10.1 Å². The summed E-state index contributed by atoms with van der Waals surface area (Å²) >= 11 is 12.4. The summed E-state index contributed by atoms with van der Waals surface area (Å²) in [6.07, 6.45) is 1.26. The molecule has 1 aliphatic rings. The highest BCUT2D eigenvalue weighted by Gasteiger charge is 2.37. The number of aryl methyl sites for hydroxylation is 1. The van der Waals surface area contributed by atoms with E-state index in [0.29, 0.717) is 10.6 Å². The smallest absolute Gasteiger partial charge is 0.343 e. The predicted molar refractivity (Wildman–Crippen MR) is 121 cm³/mol. The molecule has 1 aliphatic heterocycles. The Bertz CT molecular complexity index is 1190. The van der Waals surface area contributed by atoms with Crippen LogP contribution in [0.2, 0.25) is 10.0 Å². The minimum Gasteiger partial charge on any atom is -0.493 e. The van der Waals surface area contributed by atoms with Crippen molar-refractivity contribution in [2.45, 2.75) is 6.92 Å². The number of barbiturate groups is 1. The number of benzene rings is 2. The topological polar surface area (TPSA) is 111 Å². The van der Waals surface area contributed by atoms with E-state index in [0.717, 1.165) is 10.5 Å². The fourth-order valence-electron chi connectivity index (χ4n) is 2.93. The first kappa shape index (κ1) is 24.1. The standard InChI is InChI=1S/C22H18Cl2N2O7/c1-11-4-5-13(9-15(11)23)26-21(29)14(20(28)25-22(26)30)6-12-7-16(24)19(17(8-12)31-2)33-10-18(27)32-3/h4-9H,10H2,1-3H3,(H,25,28,30)/b14-6-. The summed E-state index contributed by atoms with van der Waals surface area (Å²) in [4.78, 5) is 50.0. The highest BCUT2D eigenvalue weighted by atomic mass is 35.5. The number of amides is 4. The molecule has 33 heavy (non-hydrogen) atoms. The number of rotatable bonds is 6. The maximum Gasteiger partial charge on any atom is 0.343 e. The molecule has 0 saturated carbocycles. The molecule has 1 saturated heterocycles. The first-order valence-corrected chi connectivity index (χ1v) is 10.2. The van der Waals surface area contributed by atoms with Crippen molar-refractivity contribution in [3.63, 3.8) is 0 Å². The molecule has 0 unspecified atom stereocenters. The second kappa shape index (κ2) is 9.93. The maximum atomic E-state index is 13.1. The average molecular weight is 493 g/mol. The van der Waals surface area contributed by atoms with Gasteiger partial charge in [0.15, 0.2) is 18.1 Å². The number of urea groups is 1. The quantitative estimate of drug-likeness (QED) is 0.372.